The summed E-state index contributed by atoms with van der Waals surface area (Å²) in [6.07, 6.45) is -5.08. The molecular weight excluding hydrogens is 467 g/mol. The van der Waals surface area contributed by atoms with E-state index in [9.17, 15) is 41.7 Å². The Morgan fingerprint density at radius 3 is 2.29 bits per heavy atom. The summed E-state index contributed by atoms with van der Waals surface area (Å²) in [6.45, 7) is 1.04. The Bertz CT molecular complexity index is 1310. The van der Waals surface area contributed by atoms with Crippen LogP contribution in [0.25, 0.3) is 11.1 Å². The van der Waals surface area contributed by atoms with Crippen LogP contribution in [0.15, 0.2) is 54.6 Å². The summed E-state index contributed by atoms with van der Waals surface area (Å²) < 4.78 is 72.1. The van der Waals surface area contributed by atoms with Crippen LogP contribution in [-0.4, -0.2) is 16.8 Å². The Morgan fingerprint density at radius 2 is 1.71 bits per heavy atom. The molecule has 0 saturated carbocycles. The van der Waals surface area contributed by atoms with Gasteiger partial charge in [-0.25, -0.2) is 8.78 Å². The molecule has 3 rings (SSSR count). The zero-order chi connectivity index (χ0) is 25.2. The van der Waals surface area contributed by atoms with E-state index in [1.807, 2.05) is 0 Å². The lowest BCUT2D eigenvalue weighted by Gasteiger charge is -2.14. The van der Waals surface area contributed by atoms with Crippen molar-refractivity contribution in [2.75, 3.05) is 5.32 Å². The van der Waals surface area contributed by atoms with Crippen LogP contribution in [0.3, 0.4) is 0 Å². The summed E-state index contributed by atoms with van der Waals surface area (Å²) in [7, 11) is 0. The van der Waals surface area contributed by atoms with Gasteiger partial charge in [0.1, 0.15) is 22.9 Å². The number of anilines is 1. The topological polar surface area (TPSA) is 98.5 Å². The van der Waals surface area contributed by atoms with Crippen LogP contribution in [0, 0.1) is 21.7 Å². The van der Waals surface area contributed by atoms with Gasteiger partial charge in [0.2, 0.25) is 0 Å². The number of esters is 1. The molecule has 1 amide bonds. The Hall–Kier alpha value is -4.35. The lowest BCUT2D eigenvalue weighted by Crippen LogP contribution is -2.16. The highest BCUT2D eigenvalue weighted by molar-refractivity contribution is 6.07. The molecule has 0 aliphatic carbocycles. The van der Waals surface area contributed by atoms with E-state index in [1.165, 1.54) is 6.07 Å². The number of benzene rings is 3. The molecule has 0 aliphatic heterocycles. The van der Waals surface area contributed by atoms with Gasteiger partial charge in [-0.2, -0.15) is 13.2 Å². The molecule has 0 saturated heterocycles. The first-order chi connectivity index (χ1) is 15.9. The maximum Gasteiger partial charge on any atom is 0.423 e. The molecule has 0 fully saturated rings. The standard InChI is InChI=1S/C22H13F5N2O5/c1-11(30)34-20-7-2-12(15-5-3-13(23)9-18(15)24)8-16(20)21(31)28-14-4-6-19(29(32)33)17(10-14)22(25,26)27/h2-10H,1H3,(H,28,31). The van der Waals surface area contributed by atoms with E-state index < -0.39 is 51.5 Å². The first kappa shape index (κ1) is 24.3. The maximum absolute atomic E-state index is 14.2. The third kappa shape index (κ3) is 5.34. The summed E-state index contributed by atoms with van der Waals surface area (Å²) in [5, 5.41) is 13.1. The van der Waals surface area contributed by atoms with E-state index in [0.717, 1.165) is 37.3 Å². The van der Waals surface area contributed by atoms with Crippen molar-refractivity contribution in [1.82, 2.24) is 0 Å². The number of hydrogen-bond donors (Lipinski definition) is 1. The van der Waals surface area contributed by atoms with Crippen LogP contribution in [0.1, 0.15) is 22.8 Å². The molecule has 0 aromatic heterocycles. The number of carbonyl (C=O) groups is 2. The van der Waals surface area contributed by atoms with Crippen LogP contribution >= 0.6 is 0 Å². The Morgan fingerprint density at radius 1 is 1.00 bits per heavy atom. The molecule has 0 bridgehead atoms. The minimum Gasteiger partial charge on any atom is -0.426 e. The summed E-state index contributed by atoms with van der Waals surface area (Å²) in [5.41, 5.74) is -3.60. The fourth-order valence-corrected chi connectivity index (χ4v) is 3.04. The van der Waals surface area contributed by atoms with Crippen molar-refractivity contribution in [2.24, 2.45) is 0 Å². The lowest BCUT2D eigenvalue weighted by atomic mass is 10.0. The Kier molecular flexibility index (Phi) is 6.61. The van der Waals surface area contributed by atoms with Gasteiger partial charge in [-0.15, -0.1) is 0 Å². The molecule has 0 aliphatic rings. The molecule has 0 spiro atoms. The quantitative estimate of drug-likeness (QED) is 0.165. The number of amides is 1. The van der Waals surface area contributed by atoms with Crippen molar-refractivity contribution in [3.8, 4) is 16.9 Å². The van der Waals surface area contributed by atoms with E-state index in [0.29, 0.717) is 18.2 Å². The second-order valence-electron chi connectivity index (χ2n) is 6.87. The lowest BCUT2D eigenvalue weighted by molar-refractivity contribution is -0.388. The van der Waals surface area contributed by atoms with Gasteiger partial charge < -0.3 is 10.1 Å². The van der Waals surface area contributed by atoms with Gasteiger partial charge >= 0.3 is 12.1 Å². The van der Waals surface area contributed by atoms with Gasteiger partial charge in [-0.05, 0) is 42.0 Å². The van der Waals surface area contributed by atoms with Crippen molar-refractivity contribution in [1.29, 1.82) is 0 Å². The third-order valence-corrected chi connectivity index (χ3v) is 4.48. The van der Waals surface area contributed by atoms with Crippen molar-refractivity contribution in [3.05, 3.63) is 87.5 Å². The summed E-state index contributed by atoms with van der Waals surface area (Å²) in [5.74, 6) is -3.94. The van der Waals surface area contributed by atoms with Crippen molar-refractivity contribution >= 4 is 23.3 Å². The maximum atomic E-state index is 14.2. The van der Waals surface area contributed by atoms with E-state index in [1.54, 1.807) is 0 Å². The number of hydrogen-bond acceptors (Lipinski definition) is 5. The largest absolute Gasteiger partial charge is 0.426 e. The van der Waals surface area contributed by atoms with Crippen LogP contribution in [0.2, 0.25) is 0 Å². The summed E-state index contributed by atoms with van der Waals surface area (Å²) in [4.78, 5) is 33.9. The normalized spacial score (nSPS) is 11.1. The average molecular weight is 480 g/mol. The predicted octanol–water partition coefficient (Wildman–Crippen LogP) is 5.74. The van der Waals surface area contributed by atoms with Crippen molar-refractivity contribution in [2.45, 2.75) is 13.1 Å². The van der Waals surface area contributed by atoms with Crippen molar-refractivity contribution in [3.63, 3.8) is 0 Å². The Balaban J connectivity index is 2.04. The second-order valence-corrected chi connectivity index (χ2v) is 6.87. The van der Waals surface area contributed by atoms with Gasteiger partial charge in [-0.1, -0.05) is 6.07 Å². The number of nitro benzene ring substituents is 1. The zero-order valence-electron chi connectivity index (χ0n) is 17.1. The second kappa shape index (κ2) is 9.25. The molecule has 0 atom stereocenters. The molecule has 1 N–H and O–H groups in total. The number of nitrogens with one attached hydrogen (secondary N) is 1. The molecule has 3 aromatic carbocycles. The van der Waals surface area contributed by atoms with E-state index in [4.69, 9.17) is 4.74 Å². The number of ether oxygens (including phenoxy) is 1. The van der Waals surface area contributed by atoms with Gasteiger partial charge in [0.05, 0.1) is 10.5 Å². The van der Waals surface area contributed by atoms with Crippen LogP contribution < -0.4 is 10.1 Å². The third-order valence-electron chi connectivity index (χ3n) is 4.48. The molecule has 176 valence electrons. The van der Waals surface area contributed by atoms with Gasteiger partial charge in [0.25, 0.3) is 11.6 Å². The van der Waals surface area contributed by atoms with Gasteiger partial charge in [0.15, 0.2) is 0 Å². The van der Waals surface area contributed by atoms with Crippen LogP contribution in [0.5, 0.6) is 5.75 Å². The molecule has 34 heavy (non-hydrogen) atoms. The fraction of sp³-hybridized carbons (Fsp3) is 0.0909. The molecule has 12 heteroatoms. The number of carbonyl (C=O) groups excluding carboxylic acids is 2. The van der Waals surface area contributed by atoms with Gasteiger partial charge in [0, 0.05) is 30.3 Å². The molecular formula is C22H13F5N2O5. The first-order valence-electron chi connectivity index (χ1n) is 9.31. The zero-order valence-corrected chi connectivity index (χ0v) is 17.1. The number of nitro groups is 1. The minimum absolute atomic E-state index is 0.0817. The molecule has 3 aromatic rings. The number of halogens is 5. The molecule has 0 heterocycles. The summed E-state index contributed by atoms with van der Waals surface area (Å²) >= 11 is 0. The number of rotatable bonds is 5. The van der Waals surface area contributed by atoms with E-state index in [2.05, 4.69) is 5.32 Å². The number of nitrogens with zero attached hydrogens (tertiary/aromatic N) is 1. The minimum atomic E-state index is -5.08. The average Bonchev–Trinajstić information content (AvgIpc) is 2.73. The highest BCUT2D eigenvalue weighted by Crippen LogP contribution is 2.38. The fourth-order valence-electron chi connectivity index (χ4n) is 3.04. The SMILES string of the molecule is CC(=O)Oc1ccc(-c2ccc(F)cc2F)cc1C(=O)Nc1ccc([N+](=O)[O-])c(C(F)(F)F)c1. The van der Waals surface area contributed by atoms with E-state index in [-0.39, 0.29) is 22.4 Å². The Labute approximate surface area is 187 Å². The van der Waals surface area contributed by atoms with Crippen LogP contribution in [0.4, 0.5) is 33.3 Å². The monoisotopic (exact) mass is 480 g/mol. The molecule has 0 radical (unpaired) electrons. The summed E-state index contributed by atoms with van der Waals surface area (Å²) in [6, 6.07) is 8.10. The highest BCUT2D eigenvalue weighted by Gasteiger charge is 2.38. The van der Waals surface area contributed by atoms with Crippen LogP contribution in [-0.2, 0) is 11.0 Å². The van der Waals surface area contributed by atoms with Crippen molar-refractivity contribution < 1.29 is 41.2 Å². The van der Waals surface area contributed by atoms with E-state index >= 15 is 0 Å². The smallest absolute Gasteiger partial charge is 0.423 e. The van der Waals surface area contributed by atoms with Gasteiger partial charge in [-0.3, -0.25) is 19.7 Å². The first-order valence-corrected chi connectivity index (χ1v) is 9.31. The predicted molar refractivity (Wildman–Crippen MR) is 109 cm³/mol. The molecule has 0 unspecified atom stereocenters. The highest BCUT2D eigenvalue weighted by atomic mass is 19.4. The number of alkyl halides is 3. The molecule has 7 nitrogen and oxygen atoms in total.